The zero-order valence-electron chi connectivity index (χ0n) is 12.5. The Bertz CT molecular complexity index is 446. The second-order valence-corrected chi connectivity index (χ2v) is 5.42. The Hall–Kier alpha value is -1.55. The monoisotopic (exact) mass is 310 g/mol. The van der Waals surface area contributed by atoms with E-state index in [-0.39, 0.29) is 0 Å². The molecule has 0 bridgehead atoms. The Morgan fingerprint density at radius 1 is 0.952 bits per heavy atom. The molecule has 4 nitrogen and oxygen atoms in total. The van der Waals surface area contributed by atoms with Crippen molar-refractivity contribution in [1.82, 2.24) is 5.32 Å². The van der Waals surface area contributed by atoms with Gasteiger partial charge in [-0.05, 0) is 30.7 Å². The van der Waals surface area contributed by atoms with Gasteiger partial charge >= 0.3 is 11.8 Å². The summed E-state index contributed by atoms with van der Waals surface area (Å²) in [5.41, 5.74) is 0.555. The van der Waals surface area contributed by atoms with Crippen molar-refractivity contribution >= 4 is 29.1 Å². The number of nitrogens with one attached hydrogen (secondary N) is 2. The average molecular weight is 311 g/mol. The molecule has 0 radical (unpaired) electrons. The summed E-state index contributed by atoms with van der Waals surface area (Å²) < 4.78 is 0. The standard InChI is InChI=1S/C16H23ClN2O2/c1-2-3-4-5-6-7-12-18-15(20)16(21)19-14-10-8-13(17)9-11-14/h8-11H,2-7,12H2,1H3,(H,18,20)(H,19,21). The van der Waals surface area contributed by atoms with Gasteiger partial charge in [0, 0.05) is 17.3 Å². The third-order valence-corrected chi connectivity index (χ3v) is 3.38. The number of hydrogen-bond donors (Lipinski definition) is 2. The normalized spacial score (nSPS) is 10.2. The summed E-state index contributed by atoms with van der Waals surface area (Å²) in [5, 5.41) is 5.74. The molecule has 1 rings (SSSR count). The molecule has 0 aliphatic heterocycles. The van der Waals surface area contributed by atoms with Gasteiger partial charge in [-0.15, -0.1) is 0 Å². The van der Waals surface area contributed by atoms with E-state index in [1.165, 1.54) is 25.7 Å². The fraction of sp³-hybridized carbons (Fsp3) is 0.500. The van der Waals surface area contributed by atoms with Crippen LogP contribution in [0.2, 0.25) is 5.02 Å². The highest BCUT2D eigenvalue weighted by atomic mass is 35.5. The molecule has 0 saturated carbocycles. The molecule has 0 heterocycles. The van der Waals surface area contributed by atoms with E-state index in [9.17, 15) is 9.59 Å². The highest BCUT2D eigenvalue weighted by Gasteiger charge is 2.12. The van der Waals surface area contributed by atoms with Crippen LogP contribution >= 0.6 is 11.6 Å². The van der Waals surface area contributed by atoms with Crippen molar-refractivity contribution in [1.29, 1.82) is 0 Å². The lowest BCUT2D eigenvalue weighted by atomic mass is 10.1. The van der Waals surface area contributed by atoms with E-state index in [4.69, 9.17) is 11.6 Å². The second-order valence-electron chi connectivity index (χ2n) is 4.98. The van der Waals surface area contributed by atoms with Crippen molar-refractivity contribution < 1.29 is 9.59 Å². The molecule has 0 spiro atoms. The molecular weight excluding hydrogens is 288 g/mol. The summed E-state index contributed by atoms with van der Waals surface area (Å²) in [5.74, 6) is -1.25. The SMILES string of the molecule is CCCCCCCCNC(=O)C(=O)Nc1ccc(Cl)cc1. The van der Waals surface area contributed by atoms with Crippen LogP contribution in [0.25, 0.3) is 0 Å². The molecule has 5 heteroatoms. The molecule has 0 aliphatic rings. The van der Waals surface area contributed by atoms with Crippen LogP contribution in [0.5, 0.6) is 0 Å². The number of halogens is 1. The minimum absolute atomic E-state index is 0.541. The lowest BCUT2D eigenvalue weighted by molar-refractivity contribution is -0.136. The first-order valence-corrected chi connectivity index (χ1v) is 7.86. The van der Waals surface area contributed by atoms with Gasteiger partial charge in [-0.25, -0.2) is 0 Å². The Morgan fingerprint density at radius 2 is 1.57 bits per heavy atom. The van der Waals surface area contributed by atoms with E-state index < -0.39 is 11.8 Å². The maximum absolute atomic E-state index is 11.6. The van der Waals surface area contributed by atoms with Crippen molar-refractivity contribution in [3.05, 3.63) is 29.3 Å². The van der Waals surface area contributed by atoms with Gasteiger partial charge in [-0.1, -0.05) is 50.6 Å². The van der Waals surface area contributed by atoms with Gasteiger partial charge < -0.3 is 10.6 Å². The van der Waals surface area contributed by atoms with Crippen LogP contribution in [0.1, 0.15) is 45.4 Å². The van der Waals surface area contributed by atoms with Gasteiger partial charge in [-0.3, -0.25) is 9.59 Å². The van der Waals surface area contributed by atoms with E-state index in [1.54, 1.807) is 24.3 Å². The van der Waals surface area contributed by atoms with Crippen molar-refractivity contribution in [2.45, 2.75) is 45.4 Å². The Kier molecular flexibility index (Phi) is 8.51. The minimum atomic E-state index is -0.650. The largest absolute Gasteiger partial charge is 0.348 e. The van der Waals surface area contributed by atoms with Crippen LogP contribution in [-0.2, 0) is 9.59 Å². The third-order valence-electron chi connectivity index (χ3n) is 3.12. The van der Waals surface area contributed by atoms with Crippen LogP contribution in [0.3, 0.4) is 0 Å². The third kappa shape index (κ3) is 7.71. The van der Waals surface area contributed by atoms with Gasteiger partial charge in [0.1, 0.15) is 0 Å². The van der Waals surface area contributed by atoms with Crippen LogP contribution in [-0.4, -0.2) is 18.4 Å². The number of anilines is 1. The molecule has 0 unspecified atom stereocenters. The molecule has 116 valence electrons. The second kappa shape index (κ2) is 10.2. The number of rotatable bonds is 8. The van der Waals surface area contributed by atoms with Gasteiger partial charge in [0.25, 0.3) is 0 Å². The first-order chi connectivity index (χ1) is 10.1. The summed E-state index contributed by atoms with van der Waals surface area (Å²) in [6.45, 7) is 2.72. The number of hydrogen-bond acceptors (Lipinski definition) is 2. The van der Waals surface area contributed by atoms with Crippen molar-refractivity contribution in [2.75, 3.05) is 11.9 Å². The molecule has 0 aliphatic carbocycles. The zero-order valence-corrected chi connectivity index (χ0v) is 13.2. The number of unbranched alkanes of at least 4 members (excludes halogenated alkanes) is 5. The summed E-state index contributed by atoms with van der Waals surface area (Å²) in [6, 6.07) is 6.62. The van der Waals surface area contributed by atoms with E-state index in [0.29, 0.717) is 17.3 Å². The molecule has 0 fully saturated rings. The molecular formula is C16H23ClN2O2. The molecule has 0 saturated heterocycles. The predicted octanol–water partition coefficient (Wildman–Crippen LogP) is 3.76. The first-order valence-electron chi connectivity index (χ1n) is 7.48. The molecule has 1 aromatic rings. The topological polar surface area (TPSA) is 58.2 Å². The molecule has 2 N–H and O–H groups in total. The van der Waals surface area contributed by atoms with Crippen LogP contribution < -0.4 is 10.6 Å². The van der Waals surface area contributed by atoms with Crippen molar-refractivity contribution in [3.8, 4) is 0 Å². The summed E-state index contributed by atoms with van der Waals surface area (Å²) in [6.07, 6.45) is 6.89. The maximum atomic E-state index is 11.6. The maximum Gasteiger partial charge on any atom is 0.313 e. The van der Waals surface area contributed by atoms with Crippen LogP contribution in [0.15, 0.2) is 24.3 Å². The van der Waals surface area contributed by atoms with Gasteiger partial charge in [0.15, 0.2) is 0 Å². The number of benzene rings is 1. The number of carbonyl (C=O) groups excluding carboxylic acids is 2. The van der Waals surface area contributed by atoms with E-state index in [0.717, 1.165) is 12.8 Å². The highest BCUT2D eigenvalue weighted by molar-refractivity contribution is 6.39. The van der Waals surface area contributed by atoms with Crippen LogP contribution in [0.4, 0.5) is 5.69 Å². The summed E-state index contributed by atoms with van der Waals surface area (Å²) in [4.78, 5) is 23.2. The summed E-state index contributed by atoms with van der Waals surface area (Å²) >= 11 is 5.75. The Labute approximate surface area is 131 Å². The van der Waals surface area contributed by atoms with Crippen molar-refractivity contribution in [2.24, 2.45) is 0 Å². The minimum Gasteiger partial charge on any atom is -0.348 e. The van der Waals surface area contributed by atoms with Crippen LogP contribution in [0, 0.1) is 0 Å². The highest BCUT2D eigenvalue weighted by Crippen LogP contribution is 2.13. The fourth-order valence-corrected chi connectivity index (χ4v) is 2.03. The predicted molar refractivity (Wildman–Crippen MR) is 86.5 cm³/mol. The lowest BCUT2D eigenvalue weighted by Gasteiger charge is -2.06. The fourth-order valence-electron chi connectivity index (χ4n) is 1.91. The Morgan fingerprint density at radius 3 is 2.24 bits per heavy atom. The summed E-state index contributed by atoms with van der Waals surface area (Å²) in [7, 11) is 0. The molecule has 1 aromatic carbocycles. The molecule has 21 heavy (non-hydrogen) atoms. The van der Waals surface area contributed by atoms with E-state index in [2.05, 4.69) is 17.6 Å². The first kappa shape index (κ1) is 17.5. The molecule has 0 aromatic heterocycles. The van der Waals surface area contributed by atoms with Crippen molar-refractivity contribution in [3.63, 3.8) is 0 Å². The van der Waals surface area contributed by atoms with Gasteiger partial charge in [0.05, 0.1) is 0 Å². The molecule has 2 amide bonds. The smallest absolute Gasteiger partial charge is 0.313 e. The average Bonchev–Trinajstić information content (AvgIpc) is 2.48. The number of amides is 2. The van der Waals surface area contributed by atoms with Gasteiger partial charge in [-0.2, -0.15) is 0 Å². The lowest BCUT2D eigenvalue weighted by Crippen LogP contribution is -2.35. The van der Waals surface area contributed by atoms with E-state index in [1.807, 2.05) is 0 Å². The quantitative estimate of drug-likeness (QED) is 0.567. The van der Waals surface area contributed by atoms with E-state index >= 15 is 0 Å². The molecule has 0 atom stereocenters. The number of carbonyl (C=O) groups is 2. The Balaban J connectivity index is 2.16. The van der Waals surface area contributed by atoms with Gasteiger partial charge in [0.2, 0.25) is 0 Å². The zero-order chi connectivity index (χ0) is 15.5.